The van der Waals surface area contributed by atoms with Gasteiger partial charge in [0.25, 0.3) is 0 Å². The molecular formula is C10H14O3. The van der Waals surface area contributed by atoms with Crippen LogP contribution >= 0.6 is 0 Å². The molecule has 2 atom stereocenters. The maximum atomic E-state index is 9.21. The van der Waals surface area contributed by atoms with E-state index in [-0.39, 0.29) is 6.61 Å². The number of benzene rings is 1. The highest BCUT2D eigenvalue weighted by atomic mass is 16.5. The van der Waals surface area contributed by atoms with Gasteiger partial charge in [-0.3, -0.25) is 0 Å². The van der Waals surface area contributed by atoms with Gasteiger partial charge in [0, 0.05) is 0 Å². The van der Waals surface area contributed by atoms with Crippen molar-refractivity contribution in [3.8, 4) is 5.75 Å². The Bertz CT molecular complexity index is 233. The normalized spacial score (nSPS) is 15.0. The molecule has 2 N–H and O–H groups in total. The van der Waals surface area contributed by atoms with Gasteiger partial charge in [-0.1, -0.05) is 18.2 Å². The largest absolute Gasteiger partial charge is 0.491 e. The summed E-state index contributed by atoms with van der Waals surface area (Å²) in [7, 11) is 0. The van der Waals surface area contributed by atoms with Crippen molar-refractivity contribution in [2.75, 3.05) is 6.61 Å². The third-order valence-electron chi connectivity index (χ3n) is 1.72. The van der Waals surface area contributed by atoms with Gasteiger partial charge in [-0.05, 0) is 19.1 Å². The Balaban J connectivity index is 2.35. The Kier molecular flexibility index (Phi) is 3.73. The van der Waals surface area contributed by atoms with Crippen molar-refractivity contribution >= 4 is 0 Å². The van der Waals surface area contributed by atoms with Crippen molar-refractivity contribution < 1.29 is 14.9 Å². The molecule has 0 heterocycles. The van der Waals surface area contributed by atoms with E-state index in [0.717, 1.165) is 0 Å². The molecule has 0 amide bonds. The average Bonchev–Trinajstić information content (AvgIpc) is 2.15. The minimum Gasteiger partial charge on any atom is -0.491 e. The van der Waals surface area contributed by atoms with Crippen LogP contribution in [0.25, 0.3) is 0 Å². The summed E-state index contributed by atoms with van der Waals surface area (Å²) < 4.78 is 5.22. The van der Waals surface area contributed by atoms with Crippen LogP contribution in [0.1, 0.15) is 6.92 Å². The molecule has 3 heteroatoms. The molecule has 0 spiro atoms. The molecule has 0 radical (unpaired) electrons. The molecule has 0 aromatic heterocycles. The van der Waals surface area contributed by atoms with Gasteiger partial charge in [-0.25, -0.2) is 0 Å². The van der Waals surface area contributed by atoms with Crippen LogP contribution in [-0.4, -0.2) is 29.0 Å². The minimum absolute atomic E-state index is 0.113. The Morgan fingerprint density at radius 2 is 1.85 bits per heavy atom. The van der Waals surface area contributed by atoms with Crippen molar-refractivity contribution in [2.24, 2.45) is 0 Å². The van der Waals surface area contributed by atoms with Crippen LogP contribution in [0.2, 0.25) is 0 Å². The summed E-state index contributed by atoms with van der Waals surface area (Å²) >= 11 is 0. The van der Waals surface area contributed by atoms with Gasteiger partial charge in [-0.2, -0.15) is 0 Å². The summed E-state index contributed by atoms with van der Waals surface area (Å²) in [5.74, 6) is 0.696. The van der Waals surface area contributed by atoms with Crippen LogP contribution < -0.4 is 4.74 Å². The van der Waals surface area contributed by atoms with Gasteiger partial charge in [0.1, 0.15) is 18.5 Å². The molecule has 72 valence electrons. The lowest BCUT2D eigenvalue weighted by Crippen LogP contribution is -2.29. The number of aliphatic hydroxyl groups excluding tert-OH is 2. The quantitative estimate of drug-likeness (QED) is 0.724. The maximum Gasteiger partial charge on any atom is 0.119 e. The van der Waals surface area contributed by atoms with Gasteiger partial charge < -0.3 is 14.9 Å². The molecule has 3 nitrogen and oxygen atoms in total. The second kappa shape index (κ2) is 4.84. The van der Waals surface area contributed by atoms with Crippen molar-refractivity contribution in [2.45, 2.75) is 19.1 Å². The molecule has 1 aromatic rings. The van der Waals surface area contributed by atoms with Crippen LogP contribution in [0.3, 0.4) is 0 Å². The Labute approximate surface area is 77.6 Å². The van der Waals surface area contributed by atoms with Gasteiger partial charge in [0.15, 0.2) is 0 Å². The molecule has 0 bridgehead atoms. The van der Waals surface area contributed by atoms with Gasteiger partial charge >= 0.3 is 0 Å². The molecule has 13 heavy (non-hydrogen) atoms. The monoisotopic (exact) mass is 182 g/mol. The summed E-state index contributed by atoms with van der Waals surface area (Å²) in [5.41, 5.74) is 0. The number of aliphatic hydroxyl groups is 2. The molecule has 1 rings (SSSR count). The lowest BCUT2D eigenvalue weighted by atomic mass is 10.2. The van der Waals surface area contributed by atoms with E-state index >= 15 is 0 Å². The van der Waals surface area contributed by atoms with E-state index in [1.54, 1.807) is 12.1 Å². The molecular weight excluding hydrogens is 168 g/mol. The average molecular weight is 182 g/mol. The lowest BCUT2D eigenvalue weighted by Gasteiger charge is -2.14. The van der Waals surface area contributed by atoms with Crippen LogP contribution in [-0.2, 0) is 0 Å². The Morgan fingerprint density at radius 1 is 1.23 bits per heavy atom. The zero-order chi connectivity index (χ0) is 9.68. The van der Waals surface area contributed by atoms with Crippen molar-refractivity contribution in [1.29, 1.82) is 0 Å². The number of hydrogen-bond donors (Lipinski definition) is 2. The highest BCUT2D eigenvalue weighted by Gasteiger charge is 2.10. The third-order valence-corrected chi connectivity index (χ3v) is 1.72. The van der Waals surface area contributed by atoms with Crippen molar-refractivity contribution in [3.63, 3.8) is 0 Å². The summed E-state index contributed by atoms with van der Waals surface area (Å²) in [6.45, 7) is 1.64. The molecule has 0 aliphatic carbocycles. The number of ether oxygens (including phenoxy) is 1. The Hall–Kier alpha value is -1.06. The van der Waals surface area contributed by atoms with Gasteiger partial charge in [0.2, 0.25) is 0 Å². The van der Waals surface area contributed by atoms with E-state index in [1.807, 2.05) is 18.2 Å². The van der Waals surface area contributed by atoms with E-state index in [0.29, 0.717) is 5.75 Å². The van der Waals surface area contributed by atoms with Crippen LogP contribution in [0.15, 0.2) is 30.3 Å². The maximum absolute atomic E-state index is 9.21. The summed E-state index contributed by atoms with van der Waals surface area (Å²) in [6, 6.07) is 9.19. The molecule has 0 saturated heterocycles. The number of hydrogen-bond acceptors (Lipinski definition) is 3. The zero-order valence-corrected chi connectivity index (χ0v) is 7.55. The predicted molar refractivity (Wildman–Crippen MR) is 49.6 cm³/mol. The molecule has 0 fully saturated rings. The van der Waals surface area contributed by atoms with Crippen LogP contribution in [0.4, 0.5) is 0 Å². The molecule has 0 aliphatic heterocycles. The van der Waals surface area contributed by atoms with E-state index in [1.165, 1.54) is 6.92 Å². The van der Waals surface area contributed by atoms with Crippen molar-refractivity contribution in [3.05, 3.63) is 30.3 Å². The van der Waals surface area contributed by atoms with Crippen molar-refractivity contribution in [1.82, 2.24) is 0 Å². The van der Waals surface area contributed by atoms with E-state index in [9.17, 15) is 5.11 Å². The smallest absolute Gasteiger partial charge is 0.119 e. The number of rotatable bonds is 4. The summed E-state index contributed by atoms with van der Waals surface area (Å²) in [6.07, 6.45) is -1.59. The molecule has 0 saturated carbocycles. The standard InChI is InChI=1S/C10H14O3/c1-8(11)10(12)7-13-9-5-3-2-4-6-9/h2-6,8,10-12H,7H2,1H3/t8-,10-/m0/s1. The molecule has 1 aromatic carbocycles. The Morgan fingerprint density at radius 3 is 2.38 bits per heavy atom. The fourth-order valence-corrected chi connectivity index (χ4v) is 0.838. The first kappa shape index (κ1) is 10.0. The third kappa shape index (κ3) is 3.44. The SMILES string of the molecule is C[C@H](O)[C@@H](O)COc1ccccc1. The van der Waals surface area contributed by atoms with Crippen LogP contribution in [0.5, 0.6) is 5.75 Å². The predicted octanol–water partition coefficient (Wildman–Crippen LogP) is 0.807. The first-order valence-corrected chi connectivity index (χ1v) is 4.24. The number of para-hydroxylation sites is 1. The van der Waals surface area contributed by atoms with E-state index in [4.69, 9.17) is 9.84 Å². The fraction of sp³-hybridized carbons (Fsp3) is 0.400. The summed E-state index contributed by atoms with van der Waals surface area (Å²) in [5, 5.41) is 18.2. The lowest BCUT2D eigenvalue weighted by molar-refractivity contribution is 0.00227. The van der Waals surface area contributed by atoms with Gasteiger partial charge in [0.05, 0.1) is 6.10 Å². The van der Waals surface area contributed by atoms with Gasteiger partial charge in [-0.15, -0.1) is 0 Å². The summed E-state index contributed by atoms with van der Waals surface area (Å²) in [4.78, 5) is 0. The zero-order valence-electron chi connectivity index (χ0n) is 7.55. The van der Waals surface area contributed by atoms with Crippen LogP contribution in [0, 0.1) is 0 Å². The topological polar surface area (TPSA) is 49.7 Å². The minimum atomic E-state index is -0.833. The first-order valence-electron chi connectivity index (χ1n) is 4.24. The van der Waals surface area contributed by atoms with E-state index in [2.05, 4.69) is 0 Å². The molecule has 0 aliphatic rings. The highest BCUT2D eigenvalue weighted by Crippen LogP contribution is 2.08. The fourth-order valence-electron chi connectivity index (χ4n) is 0.838. The highest BCUT2D eigenvalue weighted by molar-refractivity contribution is 5.20. The van der Waals surface area contributed by atoms with E-state index < -0.39 is 12.2 Å². The first-order chi connectivity index (χ1) is 6.20. The second-order valence-electron chi connectivity index (χ2n) is 2.93. The molecule has 0 unspecified atom stereocenters. The second-order valence-corrected chi connectivity index (χ2v) is 2.93.